The molecule has 9 heteroatoms. The number of rotatable bonds is 4. The van der Waals surface area contributed by atoms with Gasteiger partial charge in [0.25, 0.3) is 0 Å². The number of anilines is 1. The number of fused-ring (bicyclic) bond motifs is 1. The second kappa shape index (κ2) is 8.35. The number of halogens is 1. The van der Waals surface area contributed by atoms with Crippen LogP contribution in [0.5, 0.6) is 0 Å². The molecule has 0 bridgehead atoms. The van der Waals surface area contributed by atoms with Crippen molar-refractivity contribution in [1.29, 1.82) is 0 Å². The summed E-state index contributed by atoms with van der Waals surface area (Å²) in [4.78, 5) is 30.2. The van der Waals surface area contributed by atoms with E-state index in [-0.39, 0.29) is 23.7 Å². The van der Waals surface area contributed by atoms with Gasteiger partial charge < -0.3 is 14.9 Å². The van der Waals surface area contributed by atoms with Crippen molar-refractivity contribution in [2.75, 3.05) is 38.1 Å². The third-order valence-corrected chi connectivity index (χ3v) is 5.66. The minimum Gasteiger partial charge on any atom is -0.478 e. The summed E-state index contributed by atoms with van der Waals surface area (Å²) in [5.41, 5.74) is 1.51. The molecule has 2 heterocycles. The molecular formula is C22H24FN5O3. The lowest BCUT2D eigenvalue weighted by atomic mass is 10.1. The topological polar surface area (TPSA) is 81.9 Å². The summed E-state index contributed by atoms with van der Waals surface area (Å²) < 4.78 is 16.4. The molecule has 0 saturated carbocycles. The van der Waals surface area contributed by atoms with Crippen LogP contribution in [0.15, 0.2) is 42.6 Å². The number of nitrogens with zero attached hydrogens (tertiary/aromatic N) is 5. The molecule has 1 saturated heterocycles. The fourth-order valence-electron chi connectivity index (χ4n) is 3.83. The number of urea groups is 1. The van der Waals surface area contributed by atoms with E-state index in [1.165, 1.54) is 12.1 Å². The van der Waals surface area contributed by atoms with Gasteiger partial charge >= 0.3 is 12.0 Å². The summed E-state index contributed by atoms with van der Waals surface area (Å²) in [5.74, 6) is -1.86. The molecule has 31 heavy (non-hydrogen) atoms. The quantitative estimate of drug-likeness (QED) is 0.695. The number of amides is 2. The fraction of sp³-hybridized carbons (Fsp3) is 0.318. The molecule has 3 aromatic rings. The second-order valence-corrected chi connectivity index (χ2v) is 7.75. The Balaban J connectivity index is 1.75. The van der Waals surface area contributed by atoms with E-state index in [1.54, 1.807) is 27.7 Å². The summed E-state index contributed by atoms with van der Waals surface area (Å²) in [6.07, 6.45) is 1.72. The number of aryl methyl sites for hydroxylation is 1. The van der Waals surface area contributed by atoms with E-state index >= 15 is 0 Å². The van der Waals surface area contributed by atoms with E-state index in [0.717, 1.165) is 30.1 Å². The van der Waals surface area contributed by atoms with Crippen LogP contribution in [0.25, 0.3) is 10.9 Å². The Labute approximate surface area is 179 Å². The number of benzene rings is 2. The number of likely N-dealkylation sites (N-methyl/N-ethyl adjacent to an activating group) is 1. The minimum absolute atomic E-state index is 0.0266. The first-order chi connectivity index (χ1) is 14.8. The zero-order valence-corrected chi connectivity index (χ0v) is 17.5. The first-order valence-corrected chi connectivity index (χ1v) is 10.0. The summed E-state index contributed by atoms with van der Waals surface area (Å²) in [5, 5.41) is 14.3. The third-order valence-electron chi connectivity index (χ3n) is 5.66. The van der Waals surface area contributed by atoms with E-state index in [9.17, 15) is 14.0 Å². The lowest BCUT2D eigenvalue weighted by Crippen LogP contribution is -2.52. The molecule has 0 radical (unpaired) electrons. The number of para-hydroxylation sites is 1. The molecule has 1 aromatic heterocycles. The van der Waals surface area contributed by atoms with Crippen LogP contribution in [0.2, 0.25) is 0 Å². The maximum atomic E-state index is 14.7. The molecule has 0 aliphatic carbocycles. The van der Waals surface area contributed by atoms with E-state index in [4.69, 9.17) is 5.11 Å². The molecule has 1 aliphatic rings. The fourth-order valence-corrected chi connectivity index (χ4v) is 3.83. The van der Waals surface area contributed by atoms with Gasteiger partial charge in [0.05, 0.1) is 29.5 Å². The van der Waals surface area contributed by atoms with Crippen LogP contribution in [0, 0.1) is 5.82 Å². The van der Waals surface area contributed by atoms with Gasteiger partial charge in [-0.1, -0.05) is 18.2 Å². The average molecular weight is 425 g/mol. The Bertz CT molecular complexity index is 1140. The zero-order chi connectivity index (χ0) is 22.1. The van der Waals surface area contributed by atoms with Crippen LogP contribution in [0.4, 0.5) is 14.9 Å². The van der Waals surface area contributed by atoms with Crippen molar-refractivity contribution in [3.05, 3.63) is 59.5 Å². The number of piperazine rings is 1. The monoisotopic (exact) mass is 425 g/mol. The van der Waals surface area contributed by atoms with Crippen LogP contribution in [0.3, 0.4) is 0 Å². The van der Waals surface area contributed by atoms with Crippen LogP contribution < -0.4 is 4.90 Å². The first-order valence-electron chi connectivity index (χ1n) is 10.0. The Morgan fingerprint density at radius 1 is 1.13 bits per heavy atom. The maximum absolute atomic E-state index is 14.7. The summed E-state index contributed by atoms with van der Waals surface area (Å²) in [6.45, 7) is 2.65. The molecule has 2 aromatic carbocycles. The number of aromatic carboxylic acids is 1. The Morgan fingerprint density at radius 3 is 2.55 bits per heavy atom. The van der Waals surface area contributed by atoms with E-state index in [2.05, 4.69) is 10.00 Å². The van der Waals surface area contributed by atoms with Gasteiger partial charge in [-0.3, -0.25) is 9.58 Å². The smallest absolute Gasteiger partial charge is 0.335 e. The van der Waals surface area contributed by atoms with E-state index < -0.39 is 11.8 Å². The molecule has 1 aliphatic heterocycles. The number of carboxylic acid groups (broad SMARTS) is 1. The van der Waals surface area contributed by atoms with E-state index in [0.29, 0.717) is 18.8 Å². The molecular weight excluding hydrogens is 401 g/mol. The van der Waals surface area contributed by atoms with Crippen LogP contribution in [-0.2, 0) is 13.6 Å². The Hall–Kier alpha value is -3.46. The maximum Gasteiger partial charge on any atom is 0.335 e. The lowest BCUT2D eigenvalue weighted by Gasteiger charge is -2.36. The number of carbonyl (C=O) groups excluding carboxylic acids is 1. The summed E-state index contributed by atoms with van der Waals surface area (Å²) >= 11 is 0. The van der Waals surface area contributed by atoms with Gasteiger partial charge in [-0.15, -0.1) is 0 Å². The van der Waals surface area contributed by atoms with Gasteiger partial charge in [0.1, 0.15) is 5.82 Å². The number of hydrogen-bond acceptors (Lipinski definition) is 4. The Morgan fingerprint density at radius 2 is 1.87 bits per heavy atom. The van der Waals surface area contributed by atoms with Gasteiger partial charge in [0, 0.05) is 44.2 Å². The van der Waals surface area contributed by atoms with Crippen molar-refractivity contribution in [1.82, 2.24) is 19.6 Å². The predicted octanol–water partition coefficient (Wildman–Crippen LogP) is 2.78. The third kappa shape index (κ3) is 4.09. The van der Waals surface area contributed by atoms with Crippen LogP contribution >= 0.6 is 0 Å². The van der Waals surface area contributed by atoms with Crippen molar-refractivity contribution >= 4 is 28.6 Å². The average Bonchev–Trinajstić information content (AvgIpc) is 3.14. The molecule has 0 atom stereocenters. The summed E-state index contributed by atoms with van der Waals surface area (Å²) in [7, 11) is 3.81. The Kier molecular flexibility index (Phi) is 5.60. The van der Waals surface area contributed by atoms with Crippen LogP contribution in [-0.4, -0.2) is 69.9 Å². The highest BCUT2D eigenvalue weighted by Crippen LogP contribution is 2.29. The standard InChI is InChI=1S/C22H24FN5O3/c1-25-8-10-27(11-9-25)22(31)28(14-17-7-6-15(21(29)30)12-18(17)23)19-5-3-4-16-13-24-26(2)20(16)19/h3-7,12-13H,8-11,14H2,1-2H3,(H,29,30). The van der Waals surface area contributed by atoms with Gasteiger partial charge in [-0.2, -0.15) is 5.10 Å². The number of carbonyl (C=O) groups is 2. The van der Waals surface area contributed by atoms with Crippen molar-refractivity contribution in [3.8, 4) is 0 Å². The van der Waals surface area contributed by atoms with Gasteiger partial charge in [0.2, 0.25) is 0 Å². The molecule has 162 valence electrons. The van der Waals surface area contributed by atoms with Crippen molar-refractivity contribution in [3.63, 3.8) is 0 Å². The molecule has 1 fully saturated rings. The number of hydrogen-bond donors (Lipinski definition) is 1. The van der Waals surface area contributed by atoms with Crippen LogP contribution in [0.1, 0.15) is 15.9 Å². The SMILES string of the molecule is CN1CCN(C(=O)N(Cc2ccc(C(=O)O)cc2F)c2cccc3cnn(C)c23)CC1. The molecule has 2 amide bonds. The molecule has 0 unspecified atom stereocenters. The van der Waals surface area contributed by atoms with Gasteiger partial charge in [-0.05, 0) is 25.2 Å². The largest absolute Gasteiger partial charge is 0.478 e. The number of aromatic nitrogens is 2. The van der Waals surface area contributed by atoms with Gasteiger partial charge in [-0.25, -0.2) is 14.0 Å². The summed E-state index contributed by atoms with van der Waals surface area (Å²) in [6, 6.07) is 9.11. The first kappa shape index (κ1) is 20.8. The zero-order valence-electron chi connectivity index (χ0n) is 17.5. The molecule has 8 nitrogen and oxygen atoms in total. The van der Waals surface area contributed by atoms with Crippen molar-refractivity contribution in [2.45, 2.75) is 6.54 Å². The predicted molar refractivity (Wildman–Crippen MR) is 115 cm³/mol. The second-order valence-electron chi connectivity index (χ2n) is 7.75. The molecule has 1 N–H and O–H groups in total. The normalized spacial score (nSPS) is 14.7. The van der Waals surface area contributed by atoms with Gasteiger partial charge in [0.15, 0.2) is 0 Å². The number of carboxylic acids is 1. The molecule has 4 rings (SSSR count). The minimum atomic E-state index is -1.20. The van der Waals surface area contributed by atoms with Crippen molar-refractivity contribution < 1.29 is 19.1 Å². The molecule has 0 spiro atoms. The highest BCUT2D eigenvalue weighted by molar-refractivity contribution is 6.01. The highest BCUT2D eigenvalue weighted by atomic mass is 19.1. The lowest BCUT2D eigenvalue weighted by molar-refractivity contribution is 0.0696. The van der Waals surface area contributed by atoms with E-state index in [1.807, 2.05) is 25.2 Å². The van der Waals surface area contributed by atoms with Crippen molar-refractivity contribution in [2.24, 2.45) is 7.05 Å². The highest BCUT2D eigenvalue weighted by Gasteiger charge is 2.28.